The molecule has 150 valence electrons. The summed E-state index contributed by atoms with van der Waals surface area (Å²) in [6.45, 7) is 1.57. The number of benzene rings is 1. The molecule has 28 heavy (non-hydrogen) atoms. The second kappa shape index (κ2) is 7.54. The highest BCUT2D eigenvalue weighted by Gasteiger charge is 2.35. The number of carbonyl (C=O) groups excluding carboxylic acids is 1. The number of nitrogens with zero attached hydrogens (tertiary/aromatic N) is 4. The van der Waals surface area contributed by atoms with Crippen LogP contribution in [0.15, 0.2) is 24.3 Å². The van der Waals surface area contributed by atoms with Crippen LogP contribution < -0.4 is 4.72 Å². The standard InChI is InChI=1S/C19H25N5O3S/c1-28(26,27)22-15-8-5-7-14(13-15)19(25)23-12-6-9-16(23)18-21-20-17-10-3-2-4-11-24(17)18/h5,7-8,13,16,22H,2-4,6,9-12H2,1H3/t16-/m0/s1. The number of aryl methyl sites for hydroxylation is 1. The van der Waals surface area contributed by atoms with Crippen LogP contribution in [-0.2, 0) is 23.0 Å². The molecule has 2 aliphatic heterocycles. The van der Waals surface area contributed by atoms with Crippen LogP contribution in [0.5, 0.6) is 0 Å². The number of aromatic nitrogens is 3. The molecule has 1 aromatic heterocycles. The van der Waals surface area contributed by atoms with Crippen molar-refractivity contribution in [2.45, 2.75) is 51.1 Å². The van der Waals surface area contributed by atoms with E-state index < -0.39 is 10.0 Å². The number of carbonyl (C=O) groups is 1. The maximum atomic E-state index is 13.2. The summed E-state index contributed by atoms with van der Waals surface area (Å²) in [5.74, 6) is 1.80. The fourth-order valence-electron chi connectivity index (χ4n) is 4.13. The van der Waals surface area contributed by atoms with E-state index in [0.717, 1.165) is 56.6 Å². The molecule has 1 saturated heterocycles. The highest BCUT2D eigenvalue weighted by atomic mass is 32.2. The van der Waals surface area contributed by atoms with Gasteiger partial charge in [-0.15, -0.1) is 10.2 Å². The summed E-state index contributed by atoms with van der Waals surface area (Å²) in [5, 5.41) is 8.82. The van der Waals surface area contributed by atoms with Crippen LogP contribution in [0.1, 0.15) is 60.2 Å². The first-order chi connectivity index (χ1) is 13.4. The van der Waals surface area contributed by atoms with Gasteiger partial charge in [-0.3, -0.25) is 9.52 Å². The van der Waals surface area contributed by atoms with Gasteiger partial charge in [0, 0.05) is 30.8 Å². The Morgan fingerprint density at radius 3 is 2.82 bits per heavy atom. The minimum atomic E-state index is -3.40. The van der Waals surface area contributed by atoms with Crippen LogP contribution in [-0.4, -0.2) is 46.8 Å². The fourth-order valence-corrected chi connectivity index (χ4v) is 4.68. The summed E-state index contributed by atoms with van der Waals surface area (Å²) in [4.78, 5) is 15.0. The van der Waals surface area contributed by atoms with E-state index >= 15 is 0 Å². The molecule has 0 spiro atoms. The lowest BCUT2D eigenvalue weighted by atomic mass is 10.1. The molecule has 0 saturated carbocycles. The van der Waals surface area contributed by atoms with Gasteiger partial charge in [0.1, 0.15) is 5.82 Å². The molecular formula is C19H25N5O3S. The summed E-state index contributed by atoms with van der Waals surface area (Å²) in [6.07, 6.45) is 7.24. The Balaban J connectivity index is 1.60. The van der Waals surface area contributed by atoms with Crippen molar-refractivity contribution in [3.63, 3.8) is 0 Å². The molecule has 1 fully saturated rings. The second-order valence-electron chi connectivity index (χ2n) is 7.55. The van der Waals surface area contributed by atoms with Crippen LogP contribution >= 0.6 is 0 Å². The Labute approximate surface area is 165 Å². The maximum Gasteiger partial charge on any atom is 0.254 e. The van der Waals surface area contributed by atoms with E-state index in [1.807, 2.05) is 4.90 Å². The topological polar surface area (TPSA) is 97.2 Å². The molecule has 1 atom stereocenters. The van der Waals surface area contributed by atoms with Crippen LogP contribution in [0, 0.1) is 0 Å². The van der Waals surface area contributed by atoms with Crippen molar-refractivity contribution in [3.8, 4) is 0 Å². The van der Waals surface area contributed by atoms with Gasteiger partial charge in [0.05, 0.1) is 12.3 Å². The van der Waals surface area contributed by atoms with Crippen molar-refractivity contribution in [2.75, 3.05) is 17.5 Å². The number of likely N-dealkylation sites (tertiary alicyclic amines) is 1. The van der Waals surface area contributed by atoms with Crippen molar-refractivity contribution in [1.82, 2.24) is 19.7 Å². The number of anilines is 1. The van der Waals surface area contributed by atoms with Crippen molar-refractivity contribution in [2.24, 2.45) is 0 Å². The summed E-state index contributed by atoms with van der Waals surface area (Å²) < 4.78 is 27.6. The number of fused-ring (bicyclic) bond motifs is 1. The van der Waals surface area contributed by atoms with E-state index in [1.165, 1.54) is 6.42 Å². The van der Waals surface area contributed by atoms with E-state index in [9.17, 15) is 13.2 Å². The zero-order chi connectivity index (χ0) is 19.7. The van der Waals surface area contributed by atoms with Crippen molar-refractivity contribution in [3.05, 3.63) is 41.5 Å². The number of amides is 1. The number of nitrogens with one attached hydrogen (secondary N) is 1. The Kier molecular flexibility index (Phi) is 5.09. The molecule has 0 aliphatic carbocycles. The summed E-state index contributed by atoms with van der Waals surface area (Å²) in [6, 6.07) is 6.55. The van der Waals surface area contributed by atoms with Gasteiger partial charge < -0.3 is 9.47 Å². The predicted molar refractivity (Wildman–Crippen MR) is 105 cm³/mol. The lowest BCUT2D eigenvalue weighted by Crippen LogP contribution is -2.32. The average molecular weight is 404 g/mol. The monoisotopic (exact) mass is 403 g/mol. The third-order valence-corrected chi connectivity index (χ3v) is 5.97. The van der Waals surface area contributed by atoms with E-state index in [2.05, 4.69) is 19.5 Å². The van der Waals surface area contributed by atoms with Gasteiger partial charge in [-0.25, -0.2) is 8.42 Å². The summed E-state index contributed by atoms with van der Waals surface area (Å²) in [5.41, 5.74) is 0.858. The van der Waals surface area contributed by atoms with E-state index in [0.29, 0.717) is 17.8 Å². The van der Waals surface area contributed by atoms with Crippen LogP contribution in [0.4, 0.5) is 5.69 Å². The van der Waals surface area contributed by atoms with Crippen molar-refractivity contribution >= 4 is 21.6 Å². The smallest absolute Gasteiger partial charge is 0.254 e. The quantitative estimate of drug-likeness (QED) is 0.845. The predicted octanol–water partition coefficient (Wildman–Crippen LogP) is 2.35. The molecule has 4 rings (SSSR count). The zero-order valence-corrected chi connectivity index (χ0v) is 16.8. The third-order valence-electron chi connectivity index (χ3n) is 5.36. The molecule has 3 heterocycles. The molecular weight excluding hydrogens is 378 g/mol. The Hall–Kier alpha value is -2.42. The molecule has 2 aliphatic rings. The third kappa shape index (κ3) is 3.89. The number of sulfonamides is 1. The van der Waals surface area contributed by atoms with Gasteiger partial charge in [-0.1, -0.05) is 12.5 Å². The Morgan fingerprint density at radius 2 is 2.00 bits per heavy atom. The van der Waals surface area contributed by atoms with Gasteiger partial charge in [0.15, 0.2) is 5.82 Å². The first kappa shape index (κ1) is 18.9. The van der Waals surface area contributed by atoms with Crippen LogP contribution in [0.3, 0.4) is 0 Å². The highest BCUT2D eigenvalue weighted by molar-refractivity contribution is 7.92. The van der Waals surface area contributed by atoms with Gasteiger partial charge >= 0.3 is 0 Å². The van der Waals surface area contributed by atoms with Crippen LogP contribution in [0.2, 0.25) is 0 Å². The van der Waals surface area contributed by atoms with Gasteiger partial charge in [0.2, 0.25) is 10.0 Å². The molecule has 1 amide bonds. The number of rotatable bonds is 4. The van der Waals surface area contributed by atoms with Gasteiger partial charge in [-0.05, 0) is 43.9 Å². The molecule has 2 aromatic rings. The van der Waals surface area contributed by atoms with Crippen molar-refractivity contribution < 1.29 is 13.2 Å². The first-order valence-electron chi connectivity index (χ1n) is 9.73. The molecule has 9 heteroatoms. The Bertz CT molecular complexity index is 985. The lowest BCUT2D eigenvalue weighted by Gasteiger charge is -2.25. The van der Waals surface area contributed by atoms with Crippen LogP contribution in [0.25, 0.3) is 0 Å². The van der Waals surface area contributed by atoms with E-state index in [1.54, 1.807) is 24.3 Å². The molecule has 0 bridgehead atoms. The largest absolute Gasteiger partial charge is 0.328 e. The van der Waals surface area contributed by atoms with Gasteiger partial charge in [-0.2, -0.15) is 0 Å². The summed E-state index contributed by atoms with van der Waals surface area (Å²) in [7, 11) is -3.40. The highest BCUT2D eigenvalue weighted by Crippen LogP contribution is 2.33. The SMILES string of the molecule is CS(=O)(=O)Nc1cccc(C(=O)N2CCC[C@H]2c2nnc3n2CCCCC3)c1. The summed E-state index contributed by atoms with van der Waals surface area (Å²) >= 11 is 0. The first-order valence-corrected chi connectivity index (χ1v) is 11.6. The molecule has 1 N–H and O–H groups in total. The number of hydrogen-bond donors (Lipinski definition) is 1. The maximum absolute atomic E-state index is 13.2. The average Bonchev–Trinajstić information content (AvgIpc) is 3.20. The fraction of sp³-hybridized carbons (Fsp3) is 0.526. The van der Waals surface area contributed by atoms with Crippen molar-refractivity contribution in [1.29, 1.82) is 0 Å². The molecule has 0 unspecified atom stereocenters. The van der Waals surface area contributed by atoms with Gasteiger partial charge in [0.25, 0.3) is 5.91 Å². The normalized spacial score (nSPS) is 19.9. The second-order valence-corrected chi connectivity index (χ2v) is 9.30. The minimum Gasteiger partial charge on any atom is -0.328 e. The number of hydrogen-bond acceptors (Lipinski definition) is 5. The van der Waals surface area contributed by atoms with E-state index in [-0.39, 0.29) is 11.9 Å². The lowest BCUT2D eigenvalue weighted by molar-refractivity contribution is 0.0727. The van der Waals surface area contributed by atoms with E-state index in [4.69, 9.17) is 0 Å². The zero-order valence-electron chi connectivity index (χ0n) is 16.0. The molecule has 0 radical (unpaired) electrons. The Morgan fingerprint density at radius 1 is 1.14 bits per heavy atom. The minimum absolute atomic E-state index is 0.0848. The molecule has 8 nitrogen and oxygen atoms in total. The molecule has 1 aromatic carbocycles.